The highest BCUT2D eigenvalue weighted by atomic mass is 35.5. The molecule has 0 aromatic rings. The number of likely N-dealkylation sites (N-methyl/N-ethyl adjacent to an activating group) is 1. The van der Waals surface area contributed by atoms with Crippen molar-refractivity contribution in [1.29, 1.82) is 0 Å². The summed E-state index contributed by atoms with van der Waals surface area (Å²) in [4.78, 5) is 32.2. The Hall–Kier alpha value is -0.600. The number of nitrogens with two attached hydrogens (primary N) is 1. The second kappa shape index (κ2) is 10.7. The molecular formula is C17H35Cl2N5O2. The van der Waals surface area contributed by atoms with E-state index in [0.717, 1.165) is 32.6 Å². The van der Waals surface area contributed by atoms with Gasteiger partial charge in [0.05, 0.1) is 13.1 Å². The van der Waals surface area contributed by atoms with E-state index in [0.29, 0.717) is 26.2 Å². The van der Waals surface area contributed by atoms with Crippen molar-refractivity contribution in [3.63, 3.8) is 0 Å². The van der Waals surface area contributed by atoms with Crippen LogP contribution in [0.15, 0.2) is 0 Å². The van der Waals surface area contributed by atoms with Gasteiger partial charge in [-0.15, -0.1) is 24.8 Å². The SMILES string of the molecule is CN(C)C(=O)CN1CCN(C(=O)CN2CCC(N)C(C)(C)C2)CC1.Cl.Cl. The predicted octanol–water partition coefficient (Wildman–Crippen LogP) is 0.122. The van der Waals surface area contributed by atoms with Gasteiger partial charge in [0.25, 0.3) is 0 Å². The number of amides is 2. The van der Waals surface area contributed by atoms with Gasteiger partial charge in [0.2, 0.25) is 11.8 Å². The van der Waals surface area contributed by atoms with E-state index in [4.69, 9.17) is 5.73 Å². The van der Waals surface area contributed by atoms with Gasteiger partial charge < -0.3 is 15.5 Å². The third-order valence-corrected chi connectivity index (χ3v) is 5.33. The fourth-order valence-electron chi connectivity index (χ4n) is 3.40. The van der Waals surface area contributed by atoms with Crippen LogP contribution in [0.3, 0.4) is 0 Å². The lowest BCUT2D eigenvalue weighted by Crippen LogP contribution is -2.56. The van der Waals surface area contributed by atoms with Crippen molar-refractivity contribution in [2.45, 2.75) is 26.3 Å². The van der Waals surface area contributed by atoms with E-state index in [1.54, 1.807) is 19.0 Å². The maximum atomic E-state index is 12.6. The normalized spacial score (nSPS) is 23.6. The first-order chi connectivity index (χ1) is 11.2. The molecule has 2 rings (SSSR count). The van der Waals surface area contributed by atoms with Gasteiger partial charge in [-0.1, -0.05) is 13.8 Å². The molecule has 0 aliphatic carbocycles. The summed E-state index contributed by atoms with van der Waals surface area (Å²) < 4.78 is 0. The molecule has 2 amide bonds. The lowest BCUT2D eigenvalue weighted by atomic mass is 9.80. The predicted molar refractivity (Wildman–Crippen MR) is 109 cm³/mol. The highest BCUT2D eigenvalue weighted by Crippen LogP contribution is 2.27. The highest BCUT2D eigenvalue weighted by molar-refractivity contribution is 5.85. The van der Waals surface area contributed by atoms with Crippen molar-refractivity contribution in [3.05, 3.63) is 0 Å². The summed E-state index contributed by atoms with van der Waals surface area (Å²) in [6.45, 7) is 9.98. The molecule has 2 heterocycles. The monoisotopic (exact) mass is 411 g/mol. The molecule has 0 spiro atoms. The fourth-order valence-corrected chi connectivity index (χ4v) is 3.40. The number of rotatable bonds is 4. The third kappa shape index (κ3) is 6.85. The largest absolute Gasteiger partial charge is 0.348 e. The zero-order chi connectivity index (χ0) is 17.9. The molecule has 154 valence electrons. The van der Waals surface area contributed by atoms with Crippen LogP contribution in [0.2, 0.25) is 0 Å². The summed E-state index contributed by atoms with van der Waals surface area (Å²) in [5.41, 5.74) is 6.23. The average Bonchev–Trinajstić information content (AvgIpc) is 2.51. The van der Waals surface area contributed by atoms with Crippen LogP contribution < -0.4 is 5.73 Å². The summed E-state index contributed by atoms with van der Waals surface area (Å²) in [5.74, 6) is 0.307. The molecule has 2 aliphatic heterocycles. The Balaban J connectivity index is 0.00000312. The van der Waals surface area contributed by atoms with E-state index in [2.05, 4.69) is 23.6 Å². The second-order valence-corrected chi connectivity index (χ2v) is 8.04. The number of hydrogen-bond donors (Lipinski definition) is 1. The van der Waals surface area contributed by atoms with Crippen LogP contribution in [0.5, 0.6) is 0 Å². The number of carbonyl (C=O) groups excluding carboxylic acids is 2. The van der Waals surface area contributed by atoms with Crippen LogP contribution in [0.1, 0.15) is 20.3 Å². The molecular weight excluding hydrogens is 377 g/mol. The molecule has 1 unspecified atom stereocenters. The number of piperazine rings is 1. The molecule has 9 heteroatoms. The van der Waals surface area contributed by atoms with E-state index in [1.165, 1.54) is 0 Å². The van der Waals surface area contributed by atoms with Gasteiger partial charge in [-0.3, -0.25) is 19.4 Å². The van der Waals surface area contributed by atoms with Crippen molar-refractivity contribution >= 4 is 36.6 Å². The first kappa shape index (κ1) is 25.4. The van der Waals surface area contributed by atoms with Crippen LogP contribution in [0, 0.1) is 5.41 Å². The Morgan fingerprint density at radius 1 is 1.00 bits per heavy atom. The minimum Gasteiger partial charge on any atom is -0.348 e. The summed E-state index contributed by atoms with van der Waals surface area (Å²) in [7, 11) is 3.54. The standard InChI is InChI=1S/C17H33N5O2.2ClH/c1-17(2)13-21(6-5-14(17)18)12-16(24)22-9-7-20(8-10-22)11-15(23)19(3)4;;/h14H,5-13,18H2,1-4H3;2*1H. The van der Waals surface area contributed by atoms with E-state index in [-0.39, 0.29) is 48.1 Å². The van der Waals surface area contributed by atoms with E-state index in [9.17, 15) is 9.59 Å². The lowest BCUT2D eigenvalue weighted by Gasteiger charge is -2.43. The molecule has 0 aromatic carbocycles. The highest BCUT2D eigenvalue weighted by Gasteiger charge is 2.34. The van der Waals surface area contributed by atoms with Gasteiger partial charge in [-0.2, -0.15) is 0 Å². The smallest absolute Gasteiger partial charge is 0.236 e. The zero-order valence-electron chi connectivity index (χ0n) is 16.4. The third-order valence-electron chi connectivity index (χ3n) is 5.33. The molecule has 0 saturated carbocycles. The molecule has 26 heavy (non-hydrogen) atoms. The molecule has 0 radical (unpaired) electrons. The van der Waals surface area contributed by atoms with Gasteiger partial charge in [-0.25, -0.2) is 0 Å². The molecule has 0 bridgehead atoms. The van der Waals surface area contributed by atoms with Crippen LogP contribution in [0.25, 0.3) is 0 Å². The Labute approximate surface area is 170 Å². The van der Waals surface area contributed by atoms with Crippen molar-refractivity contribution in [3.8, 4) is 0 Å². The molecule has 2 aliphatic rings. The van der Waals surface area contributed by atoms with Crippen LogP contribution in [-0.2, 0) is 9.59 Å². The number of nitrogens with zero attached hydrogens (tertiary/aromatic N) is 4. The maximum Gasteiger partial charge on any atom is 0.236 e. The summed E-state index contributed by atoms with van der Waals surface area (Å²) in [6.07, 6.45) is 0.945. The first-order valence-electron chi connectivity index (χ1n) is 8.87. The van der Waals surface area contributed by atoms with Gasteiger partial charge in [-0.05, 0) is 11.8 Å². The minimum absolute atomic E-state index is 0. The van der Waals surface area contributed by atoms with E-state index < -0.39 is 0 Å². The second-order valence-electron chi connectivity index (χ2n) is 8.04. The number of halogens is 2. The molecule has 0 aromatic heterocycles. The van der Waals surface area contributed by atoms with Crippen molar-refractivity contribution < 1.29 is 9.59 Å². The first-order valence-corrected chi connectivity index (χ1v) is 8.87. The van der Waals surface area contributed by atoms with Crippen LogP contribution in [-0.4, -0.2) is 104 Å². The Kier molecular flexibility index (Phi) is 10.4. The summed E-state index contributed by atoms with van der Waals surface area (Å²) >= 11 is 0. The molecule has 2 N–H and O–H groups in total. The van der Waals surface area contributed by atoms with Crippen LogP contribution >= 0.6 is 24.8 Å². The molecule has 2 fully saturated rings. The van der Waals surface area contributed by atoms with Crippen molar-refractivity contribution in [2.75, 3.05) is 66.5 Å². The Morgan fingerprint density at radius 2 is 1.58 bits per heavy atom. The number of likely N-dealkylation sites (tertiary alicyclic amines) is 1. The van der Waals surface area contributed by atoms with E-state index >= 15 is 0 Å². The quantitative estimate of drug-likeness (QED) is 0.710. The fraction of sp³-hybridized carbons (Fsp3) is 0.882. The van der Waals surface area contributed by atoms with Crippen LogP contribution in [0.4, 0.5) is 0 Å². The molecule has 1 atom stereocenters. The van der Waals surface area contributed by atoms with Gasteiger partial charge in [0, 0.05) is 59.4 Å². The molecule has 7 nitrogen and oxygen atoms in total. The molecule has 2 saturated heterocycles. The average molecular weight is 412 g/mol. The zero-order valence-corrected chi connectivity index (χ0v) is 18.1. The summed E-state index contributed by atoms with van der Waals surface area (Å²) in [5, 5.41) is 0. The van der Waals surface area contributed by atoms with Gasteiger partial charge >= 0.3 is 0 Å². The van der Waals surface area contributed by atoms with Crippen molar-refractivity contribution in [2.24, 2.45) is 11.1 Å². The summed E-state index contributed by atoms with van der Waals surface area (Å²) in [6, 6.07) is 0.210. The number of piperidine rings is 1. The van der Waals surface area contributed by atoms with E-state index in [1.807, 2.05) is 4.90 Å². The maximum absolute atomic E-state index is 12.6. The Bertz CT molecular complexity index is 468. The number of carbonyl (C=O) groups is 2. The number of hydrogen-bond acceptors (Lipinski definition) is 5. The van der Waals surface area contributed by atoms with Crippen molar-refractivity contribution in [1.82, 2.24) is 19.6 Å². The lowest BCUT2D eigenvalue weighted by molar-refractivity contribution is -0.135. The minimum atomic E-state index is 0. The Morgan fingerprint density at radius 3 is 2.08 bits per heavy atom. The topological polar surface area (TPSA) is 73.1 Å². The van der Waals surface area contributed by atoms with Gasteiger partial charge in [0.1, 0.15) is 0 Å². The van der Waals surface area contributed by atoms with Gasteiger partial charge in [0.15, 0.2) is 0 Å².